The third kappa shape index (κ3) is 3.30. The Balaban J connectivity index is 1.66. The molecule has 1 heterocycles. The topological polar surface area (TPSA) is 54.9 Å². The number of carbonyl (C=O) groups is 1. The van der Waals surface area contributed by atoms with E-state index in [1.54, 1.807) is 0 Å². The van der Waals surface area contributed by atoms with E-state index in [0.717, 1.165) is 42.1 Å². The summed E-state index contributed by atoms with van der Waals surface area (Å²) >= 11 is 1.32. The largest absolute Gasteiger partial charge is 0.297 e. The minimum absolute atomic E-state index is 0.247. The Hall–Kier alpha value is -2.15. The maximum Gasteiger partial charge on any atom is 0.250 e. The molecule has 1 amide bonds. The van der Waals surface area contributed by atoms with Gasteiger partial charge in [0.1, 0.15) is 16.6 Å². The van der Waals surface area contributed by atoms with Gasteiger partial charge < -0.3 is 0 Å². The summed E-state index contributed by atoms with van der Waals surface area (Å²) in [6, 6.07) is 3.53. The summed E-state index contributed by atoms with van der Waals surface area (Å²) in [7, 11) is 0. The number of halogens is 2. The van der Waals surface area contributed by atoms with Gasteiger partial charge in [0.25, 0.3) is 0 Å². The van der Waals surface area contributed by atoms with Crippen molar-refractivity contribution in [3.05, 3.63) is 46.5 Å². The lowest BCUT2D eigenvalue weighted by Gasteiger charge is -1.98. The van der Waals surface area contributed by atoms with Crippen molar-refractivity contribution in [1.29, 1.82) is 0 Å². The quantitative estimate of drug-likeness (QED) is 0.881. The molecule has 108 valence electrons. The molecule has 1 aliphatic rings. The molecule has 7 heteroatoms. The molecular formula is C14H11F2N3OS. The molecule has 0 spiro atoms. The van der Waals surface area contributed by atoms with Gasteiger partial charge in [0.2, 0.25) is 11.0 Å². The van der Waals surface area contributed by atoms with Crippen molar-refractivity contribution in [2.24, 2.45) is 0 Å². The zero-order chi connectivity index (χ0) is 14.8. The molecule has 1 aliphatic carbocycles. The van der Waals surface area contributed by atoms with Crippen molar-refractivity contribution in [3.63, 3.8) is 0 Å². The number of rotatable bonds is 4. The van der Waals surface area contributed by atoms with E-state index in [2.05, 4.69) is 15.5 Å². The fourth-order valence-corrected chi connectivity index (χ4v) is 2.67. The molecule has 1 N–H and O–H groups in total. The molecule has 1 saturated carbocycles. The van der Waals surface area contributed by atoms with Crippen LogP contribution in [0.3, 0.4) is 0 Å². The summed E-state index contributed by atoms with van der Waals surface area (Å²) in [5, 5.41) is 11.7. The highest BCUT2D eigenvalue weighted by Crippen LogP contribution is 2.42. The van der Waals surface area contributed by atoms with E-state index in [1.165, 1.54) is 17.4 Å². The summed E-state index contributed by atoms with van der Waals surface area (Å²) in [6.45, 7) is 0. The van der Waals surface area contributed by atoms with Crippen molar-refractivity contribution in [2.75, 3.05) is 5.32 Å². The van der Waals surface area contributed by atoms with Crippen molar-refractivity contribution < 1.29 is 13.6 Å². The predicted molar refractivity (Wildman–Crippen MR) is 75.9 cm³/mol. The summed E-state index contributed by atoms with van der Waals surface area (Å²) < 4.78 is 26.8. The van der Waals surface area contributed by atoms with Crippen LogP contribution in [0.1, 0.15) is 29.3 Å². The van der Waals surface area contributed by atoms with E-state index < -0.39 is 17.5 Å². The van der Waals surface area contributed by atoms with Gasteiger partial charge >= 0.3 is 0 Å². The fourth-order valence-electron chi connectivity index (χ4n) is 1.76. The van der Waals surface area contributed by atoms with E-state index in [1.807, 2.05) is 0 Å². The first-order chi connectivity index (χ1) is 10.1. The maximum absolute atomic E-state index is 13.4. The zero-order valence-corrected chi connectivity index (χ0v) is 11.7. The second kappa shape index (κ2) is 5.69. The third-order valence-electron chi connectivity index (χ3n) is 3.00. The van der Waals surface area contributed by atoms with Crippen LogP contribution in [0.4, 0.5) is 13.9 Å². The highest BCUT2D eigenvalue weighted by molar-refractivity contribution is 7.15. The highest BCUT2D eigenvalue weighted by atomic mass is 32.1. The van der Waals surface area contributed by atoms with Gasteiger partial charge in [-0.3, -0.25) is 10.1 Å². The van der Waals surface area contributed by atoms with Crippen molar-refractivity contribution in [3.8, 4) is 0 Å². The summed E-state index contributed by atoms with van der Waals surface area (Å²) in [5.74, 6) is -1.47. The Bertz CT molecular complexity index is 690. The summed E-state index contributed by atoms with van der Waals surface area (Å²) in [6.07, 6.45) is 4.38. The van der Waals surface area contributed by atoms with Gasteiger partial charge in [0, 0.05) is 17.6 Å². The average molecular weight is 307 g/mol. The summed E-state index contributed by atoms with van der Waals surface area (Å²) in [4.78, 5) is 11.7. The SMILES string of the molecule is O=C(C=Cc1c(F)cccc1F)Nc1nnc(C2CC2)s1. The molecule has 0 radical (unpaired) electrons. The van der Waals surface area contributed by atoms with E-state index in [0.29, 0.717) is 11.0 Å². The number of carbonyl (C=O) groups excluding carboxylic acids is 1. The zero-order valence-electron chi connectivity index (χ0n) is 10.8. The van der Waals surface area contributed by atoms with Crippen LogP contribution in [0.15, 0.2) is 24.3 Å². The number of aromatic nitrogens is 2. The minimum Gasteiger partial charge on any atom is -0.297 e. The standard InChI is InChI=1S/C14H11F2N3OS/c15-10-2-1-3-11(16)9(10)6-7-12(20)17-14-19-18-13(21-14)8-4-5-8/h1-3,6-8H,4-5H2,(H,17,19,20). The van der Waals surface area contributed by atoms with Gasteiger partial charge in [0.05, 0.1) is 0 Å². The summed E-state index contributed by atoms with van der Waals surface area (Å²) in [5.41, 5.74) is -0.247. The predicted octanol–water partition coefficient (Wildman–Crippen LogP) is 3.35. The van der Waals surface area contributed by atoms with E-state index in [9.17, 15) is 13.6 Å². The third-order valence-corrected chi connectivity index (χ3v) is 4.00. The molecule has 2 aromatic rings. The van der Waals surface area contributed by atoms with Gasteiger partial charge in [0.15, 0.2) is 0 Å². The lowest BCUT2D eigenvalue weighted by atomic mass is 10.2. The van der Waals surface area contributed by atoms with Gasteiger partial charge in [-0.2, -0.15) is 0 Å². The number of nitrogens with one attached hydrogen (secondary N) is 1. The highest BCUT2D eigenvalue weighted by Gasteiger charge is 2.27. The smallest absolute Gasteiger partial charge is 0.250 e. The number of benzene rings is 1. The number of anilines is 1. The Labute approximate surface area is 123 Å². The van der Waals surface area contributed by atoms with E-state index >= 15 is 0 Å². The van der Waals surface area contributed by atoms with Crippen LogP contribution in [-0.2, 0) is 4.79 Å². The Morgan fingerprint density at radius 1 is 1.29 bits per heavy atom. The number of nitrogens with zero attached hydrogens (tertiary/aromatic N) is 2. The van der Waals surface area contributed by atoms with Crippen LogP contribution in [-0.4, -0.2) is 16.1 Å². The Kier molecular flexibility index (Phi) is 3.74. The molecule has 0 atom stereocenters. The molecule has 0 aliphatic heterocycles. The van der Waals surface area contributed by atoms with Crippen LogP contribution < -0.4 is 5.32 Å². The molecule has 1 aromatic heterocycles. The number of hydrogen-bond donors (Lipinski definition) is 1. The molecule has 1 fully saturated rings. The van der Waals surface area contributed by atoms with Crippen LogP contribution in [0.25, 0.3) is 6.08 Å². The van der Waals surface area contributed by atoms with Crippen LogP contribution in [0.5, 0.6) is 0 Å². The Morgan fingerprint density at radius 3 is 2.67 bits per heavy atom. The van der Waals surface area contributed by atoms with Gasteiger partial charge in [-0.15, -0.1) is 10.2 Å². The monoisotopic (exact) mass is 307 g/mol. The molecule has 21 heavy (non-hydrogen) atoms. The lowest BCUT2D eigenvalue weighted by molar-refractivity contribution is -0.111. The molecular weight excluding hydrogens is 296 g/mol. The van der Waals surface area contributed by atoms with Gasteiger partial charge in [-0.1, -0.05) is 17.4 Å². The molecule has 1 aromatic carbocycles. The molecule has 3 rings (SSSR count). The van der Waals surface area contributed by atoms with Crippen LogP contribution in [0, 0.1) is 11.6 Å². The first-order valence-electron chi connectivity index (χ1n) is 6.40. The van der Waals surface area contributed by atoms with E-state index in [-0.39, 0.29) is 5.56 Å². The van der Waals surface area contributed by atoms with Crippen LogP contribution >= 0.6 is 11.3 Å². The first kappa shape index (κ1) is 13.8. The number of amides is 1. The molecule has 4 nitrogen and oxygen atoms in total. The lowest BCUT2D eigenvalue weighted by Crippen LogP contribution is -2.07. The molecule has 0 unspecified atom stereocenters. The van der Waals surface area contributed by atoms with Crippen molar-refractivity contribution in [2.45, 2.75) is 18.8 Å². The van der Waals surface area contributed by atoms with E-state index in [4.69, 9.17) is 0 Å². The fraction of sp³-hybridized carbons (Fsp3) is 0.214. The van der Waals surface area contributed by atoms with Crippen molar-refractivity contribution >= 4 is 28.5 Å². The van der Waals surface area contributed by atoms with Gasteiger partial charge in [-0.05, 0) is 31.1 Å². The number of hydrogen-bond acceptors (Lipinski definition) is 4. The van der Waals surface area contributed by atoms with Gasteiger partial charge in [-0.25, -0.2) is 8.78 Å². The second-order valence-corrected chi connectivity index (χ2v) is 5.69. The Morgan fingerprint density at radius 2 is 2.00 bits per heavy atom. The average Bonchev–Trinajstić information content (AvgIpc) is 3.19. The van der Waals surface area contributed by atoms with Crippen LogP contribution in [0.2, 0.25) is 0 Å². The maximum atomic E-state index is 13.4. The minimum atomic E-state index is -0.717. The second-order valence-electron chi connectivity index (χ2n) is 4.68. The van der Waals surface area contributed by atoms with Crippen molar-refractivity contribution in [1.82, 2.24) is 10.2 Å². The normalized spacial score (nSPS) is 14.6. The molecule has 0 saturated heterocycles. The first-order valence-corrected chi connectivity index (χ1v) is 7.21. The molecule has 0 bridgehead atoms.